The molecular formula is C10H19NO. The molecule has 12 heavy (non-hydrogen) atoms. The number of unbranched alkanes of at least 4 members (excludes halogenated alkanes) is 2. The van der Waals surface area contributed by atoms with E-state index in [2.05, 4.69) is 13.0 Å². The molecule has 0 spiro atoms. The summed E-state index contributed by atoms with van der Waals surface area (Å²) in [6.45, 7) is 6.57. The average molecular weight is 169 g/mol. The molecule has 0 aliphatic heterocycles. The number of ether oxygens (including phenoxy) is 1. The van der Waals surface area contributed by atoms with Gasteiger partial charge in [-0.1, -0.05) is 19.8 Å². The zero-order chi connectivity index (χ0) is 9.45. The van der Waals surface area contributed by atoms with Gasteiger partial charge in [0.15, 0.2) is 5.60 Å². The molecule has 1 unspecified atom stereocenters. The quantitative estimate of drug-likeness (QED) is 0.573. The molecule has 0 saturated carbocycles. The summed E-state index contributed by atoms with van der Waals surface area (Å²) in [7, 11) is 0. The van der Waals surface area contributed by atoms with Crippen molar-refractivity contribution in [1.82, 2.24) is 0 Å². The molecule has 0 aromatic carbocycles. The summed E-state index contributed by atoms with van der Waals surface area (Å²) >= 11 is 0. The van der Waals surface area contributed by atoms with Gasteiger partial charge in [-0.05, 0) is 26.7 Å². The van der Waals surface area contributed by atoms with Crippen molar-refractivity contribution in [3.8, 4) is 6.07 Å². The Bertz CT molecular complexity index is 150. The van der Waals surface area contributed by atoms with Crippen LogP contribution < -0.4 is 0 Å². The lowest BCUT2D eigenvalue weighted by Gasteiger charge is -2.20. The minimum atomic E-state index is -0.552. The second-order valence-corrected chi connectivity index (χ2v) is 3.23. The summed E-state index contributed by atoms with van der Waals surface area (Å²) in [5.74, 6) is 0. The third-order valence-corrected chi connectivity index (χ3v) is 1.96. The van der Waals surface area contributed by atoms with E-state index in [0.29, 0.717) is 6.61 Å². The van der Waals surface area contributed by atoms with Crippen molar-refractivity contribution in [1.29, 1.82) is 5.26 Å². The average Bonchev–Trinajstić information content (AvgIpc) is 2.06. The highest BCUT2D eigenvalue weighted by molar-refractivity contribution is 4.97. The van der Waals surface area contributed by atoms with Crippen molar-refractivity contribution in [3.05, 3.63) is 0 Å². The van der Waals surface area contributed by atoms with Gasteiger partial charge in [-0.15, -0.1) is 0 Å². The van der Waals surface area contributed by atoms with Crippen LogP contribution >= 0.6 is 0 Å². The summed E-state index contributed by atoms with van der Waals surface area (Å²) < 4.78 is 5.36. The third-order valence-electron chi connectivity index (χ3n) is 1.96. The predicted octanol–water partition coefficient (Wildman–Crippen LogP) is 2.89. The van der Waals surface area contributed by atoms with E-state index < -0.39 is 5.60 Å². The summed E-state index contributed by atoms with van der Waals surface area (Å²) in [4.78, 5) is 0. The van der Waals surface area contributed by atoms with Crippen LogP contribution in [0.25, 0.3) is 0 Å². The van der Waals surface area contributed by atoms with Gasteiger partial charge in [-0.25, -0.2) is 0 Å². The number of nitriles is 1. The van der Waals surface area contributed by atoms with Crippen molar-refractivity contribution in [2.45, 2.75) is 52.1 Å². The molecule has 0 aliphatic carbocycles. The molecule has 2 nitrogen and oxygen atoms in total. The van der Waals surface area contributed by atoms with E-state index in [1.807, 2.05) is 13.8 Å². The van der Waals surface area contributed by atoms with Gasteiger partial charge < -0.3 is 4.74 Å². The van der Waals surface area contributed by atoms with E-state index in [9.17, 15) is 0 Å². The van der Waals surface area contributed by atoms with E-state index in [1.54, 1.807) is 0 Å². The standard InChI is InChI=1S/C10H19NO/c1-4-6-7-8-10(3,9-11)12-5-2/h4-8H2,1-3H3. The Morgan fingerprint density at radius 1 is 1.33 bits per heavy atom. The molecule has 0 heterocycles. The highest BCUT2D eigenvalue weighted by atomic mass is 16.5. The molecule has 0 fully saturated rings. The molecule has 0 aromatic rings. The first kappa shape index (κ1) is 11.4. The maximum atomic E-state index is 8.84. The highest BCUT2D eigenvalue weighted by Crippen LogP contribution is 2.18. The fraction of sp³-hybridized carbons (Fsp3) is 0.900. The van der Waals surface area contributed by atoms with E-state index in [4.69, 9.17) is 10.00 Å². The Labute approximate surface area is 75.5 Å². The minimum absolute atomic E-state index is 0.552. The van der Waals surface area contributed by atoms with Gasteiger partial charge in [-0.2, -0.15) is 5.26 Å². The van der Waals surface area contributed by atoms with Gasteiger partial charge >= 0.3 is 0 Å². The van der Waals surface area contributed by atoms with Crippen LogP contribution in [-0.2, 0) is 4.74 Å². The molecule has 0 N–H and O–H groups in total. The van der Waals surface area contributed by atoms with Crippen LogP contribution in [-0.4, -0.2) is 12.2 Å². The van der Waals surface area contributed by atoms with Gasteiger partial charge in [0.2, 0.25) is 0 Å². The van der Waals surface area contributed by atoms with Crippen molar-refractivity contribution < 1.29 is 4.74 Å². The second-order valence-electron chi connectivity index (χ2n) is 3.23. The fourth-order valence-electron chi connectivity index (χ4n) is 1.19. The molecular weight excluding hydrogens is 150 g/mol. The van der Waals surface area contributed by atoms with Crippen LogP contribution in [0, 0.1) is 11.3 Å². The van der Waals surface area contributed by atoms with Gasteiger partial charge in [0.1, 0.15) is 0 Å². The van der Waals surface area contributed by atoms with Crippen molar-refractivity contribution in [2.75, 3.05) is 6.61 Å². The van der Waals surface area contributed by atoms with Gasteiger partial charge in [0.05, 0.1) is 6.07 Å². The van der Waals surface area contributed by atoms with Crippen LogP contribution in [0.1, 0.15) is 46.5 Å². The molecule has 2 heteroatoms. The molecule has 0 rings (SSSR count). The summed E-state index contributed by atoms with van der Waals surface area (Å²) in [6.07, 6.45) is 4.31. The number of hydrogen-bond donors (Lipinski definition) is 0. The van der Waals surface area contributed by atoms with Crippen molar-refractivity contribution in [3.63, 3.8) is 0 Å². The van der Waals surface area contributed by atoms with Crippen LogP contribution in [0.2, 0.25) is 0 Å². The lowest BCUT2D eigenvalue weighted by atomic mass is 10.00. The predicted molar refractivity (Wildman–Crippen MR) is 49.8 cm³/mol. The summed E-state index contributed by atoms with van der Waals surface area (Å²) in [5, 5.41) is 8.84. The van der Waals surface area contributed by atoms with Gasteiger partial charge in [0.25, 0.3) is 0 Å². The molecule has 0 aromatic heterocycles. The molecule has 0 saturated heterocycles. The highest BCUT2D eigenvalue weighted by Gasteiger charge is 2.22. The van der Waals surface area contributed by atoms with E-state index in [1.165, 1.54) is 12.8 Å². The van der Waals surface area contributed by atoms with E-state index in [0.717, 1.165) is 12.8 Å². The Kier molecular flexibility index (Phi) is 5.74. The molecule has 1 atom stereocenters. The largest absolute Gasteiger partial charge is 0.361 e. The summed E-state index contributed by atoms with van der Waals surface area (Å²) in [6, 6.07) is 2.22. The van der Waals surface area contributed by atoms with Gasteiger partial charge in [0, 0.05) is 6.61 Å². The minimum Gasteiger partial charge on any atom is -0.361 e. The number of rotatable bonds is 6. The number of nitrogens with zero attached hydrogens (tertiary/aromatic N) is 1. The Hall–Kier alpha value is -0.550. The Morgan fingerprint density at radius 2 is 2.00 bits per heavy atom. The van der Waals surface area contributed by atoms with Crippen molar-refractivity contribution in [2.24, 2.45) is 0 Å². The SMILES string of the molecule is CCCCCC(C)(C#N)OCC. The zero-order valence-corrected chi connectivity index (χ0v) is 8.39. The first-order chi connectivity index (χ1) is 5.68. The zero-order valence-electron chi connectivity index (χ0n) is 8.39. The molecule has 70 valence electrons. The van der Waals surface area contributed by atoms with E-state index in [-0.39, 0.29) is 0 Å². The van der Waals surface area contributed by atoms with Crippen LogP contribution in [0.4, 0.5) is 0 Å². The molecule has 0 radical (unpaired) electrons. The Morgan fingerprint density at radius 3 is 2.42 bits per heavy atom. The first-order valence-corrected chi connectivity index (χ1v) is 4.73. The summed E-state index contributed by atoms with van der Waals surface area (Å²) in [5.41, 5.74) is -0.552. The maximum Gasteiger partial charge on any atom is 0.151 e. The lowest BCUT2D eigenvalue weighted by Crippen LogP contribution is -2.26. The second kappa shape index (κ2) is 6.02. The lowest BCUT2D eigenvalue weighted by molar-refractivity contribution is 0.0118. The monoisotopic (exact) mass is 169 g/mol. The molecule has 0 amide bonds. The van der Waals surface area contributed by atoms with Crippen molar-refractivity contribution >= 4 is 0 Å². The molecule has 0 bridgehead atoms. The van der Waals surface area contributed by atoms with Crippen LogP contribution in [0.15, 0.2) is 0 Å². The van der Waals surface area contributed by atoms with Crippen LogP contribution in [0.5, 0.6) is 0 Å². The Balaban J connectivity index is 3.73. The normalized spacial score (nSPS) is 15.2. The van der Waals surface area contributed by atoms with E-state index >= 15 is 0 Å². The fourth-order valence-corrected chi connectivity index (χ4v) is 1.19. The first-order valence-electron chi connectivity index (χ1n) is 4.73. The van der Waals surface area contributed by atoms with Crippen LogP contribution in [0.3, 0.4) is 0 Å². The smallest absolute Gasteiger partial charge is 0.151 e. The number of hydrogen-bond acceptors (Lipinski definition) is 2. The van der Waals surface area contributed by atoms with Gasteiger partial charge in [-0.3, -0.25) is 0 Å². The topological polar surface area (TPSA) is 33.0 Å². The maximum absolute atomic E-state index is 8.84. The molecule has 0 aliphatic rings. The third kappa shape index (κ3) is 4.35.